The molecule has 0 saturated heterocycles. The van der Waals surface area contributed by atoms with Crippen molar-refractivity contribution in [3.8, 4) is 44.5 Å². The molecule has 286 valence electrons. The maximum absolute atomic E-state index is 6.47. The van der Waals surface area contributed by atoms with Crippen LogP contribution in [0.15, 0.2) is 229 Å². The lowest BCUT2D eigenvalue weighted by molar-refractivity contribution is 0.670. The topological polar surface area (TPSA) is 16.4 Å². The summed E-state index contributed by atoms with van der Waals surface area (Å²) in [6, 6.07) is 81.3. The van der Waals surface area contributed by atoms with E-state index in [0.717, 1.165) is 55.7 Å². The van der Waals surface area contributed by atoms with Crippen LogP contribution >= 0.6 is 11.3 Å². The minimum Gasteiger partial charge on any atom is -0.455 e. The lowest BCUT2D eigenvalue weighted by Crippen LogP contribution is -2.11. The van der Waals surface area contributed by atoms with Crippen LogP contribution in [0.4, 0.5) is 17.1 Å². The maximum atomic E-state index is 6.47. The Bertz CT molecular complexity index is 3610. The molecule has 0 atom stereocenters. The Morgan fingerprint density at radius 1 is 0.328 bits per heavy atom. The summed E-state index contributed by atoms with van der Waals surface area (Å²) in [5.41, 5.74) is 14.3. The number of hydrogen-bond acceptors (Lipinski definition) is 3. The highest BCUT2D eigenvalue weighted by atomic mass is 32.1. The van der Waals surface area contributed by atoms with E-state index >= 15 is 0 Å². The van der Waals surface area contributed by atoms with Gasteiger partial charge in [0.25, 0.3) is 0 Å². The van der Waals surface area contributed by atoms with Gasteiger partial charge in [-0.05, 0) is 105 Å². The fraction of sp³-hybridized carbons (Fsp3) is 0. The van der Waals surface area contributed by atoms with Crippen molar-refractivity contribution in [3.05, 3.63) is 224 Å². The van der Waals surface area contributed by atoms with Crippen LogP contribution in [0.5, 0.6) is 0 Å². The molecular weight excluding hydrogens is 759 g/mol. The molecule has 61 heavy (non-hydrogen) atoms. The second-order valence-corrected chi connectivity index (χ2v) is 16.8. The minimum atomic E-state index is 0.904. The van der Waals surface area contributed by atoms with Crippen molar-refractivity contribution in [1.82, 2.24) is 0 Å². The third-order valence-corrected chi connectivity index (χ3v) is 13.2. The van der Waals surface area contributed by atoms with Crippen molar-refractivity contribution < 1.29 is 4.42 Å². The smallest absolute Gasteiger partial charge is 0.143 e. The first kappa shape index (κ1) is 35.2. The molecule has 12 rings (SSSR count). The third-order valence-electron chi connectivity index (χ3n) is 12.1. The van der Waals surface area contributed by atoms with Gasteiger partial charge >= 0.3 is 0 Å². The van der Waals surface area contributed by atoms with E-state index in [2.05, 4.69) is 217 Å². The molecule has 2 heterocycles. The Kier molecular flexibility index (Phi) is 8.39. The molecule has 0 saturated carbocycles. The largest absolute Gasteiger partial charge is 0.455 e. The first-order valence-corrected chi connectivity index (χ1v) is 21.5. The van der Waals surface area contributed by atoms with Crippen LogP contribution in [0.3, 0.4) is 0 Å². The van der Waals surface area contributed by atoms with Gasteiger partial charge in [0.05, 0.1) is 5.69 Å². The zero-order valence-electron chi connectivity index (χ0n) is 33.1. The van der Waals surface area contributed by atoms with E-state index in [1.165, 1.54) is 58.8 Å². The van der Waals surface area contributed by atoms with Crippen molar-refractivity contribution in [1.29, 1.82) is 0 Å². The van der Waals surface area contributed by atoms with Crippen LogP contribution in [0, 0.1) is 0 Å². The summed E-state index contributed by atoms with van der Waals surface area (Å²) in [6.07, 6.45) is 0. The number of fused-ring (bicyclic) bond motifs is 7. The molecule has 0 aliphatic carbocycles. The first-order valence-electron chi connectivity index (χ1n) is 20.7. The zero-order chi connectivity index (χ0) is 40.3. The average Bonchev–Trinajstić information content (AvgIpc) is 3.90. The molecular formula is C58H37NOS. The molecule has 0 bridgehead atoms. The number of rotatable bonds is 7. The summed E-state index contributed by atoms with van der Waals surface area (Å²) in [7, 11) is 0. The van der Waals surface area contributed by atoms with Gasteiger partial charge < -0.3 is 9.32 Å². The molecule has 0 spiro atoms. The monoisotopic (exact) mass is 795 g/mol. The maximum Gasteiger partial charge on any atom is 0.143 e. The second kappa shape index (κ2) is 14.5. The summed E-state index contributed by atoms with van der Waals surface area (Å²) in [5, 5.41) is 7.36. The molecule has 10 aromatic carbocycles. The number of hydrogen-bond donors (Lipinski definition) is 0. The number of para-hydroxylation sites is 3. The number of benzene rings is 10. The van der Waals surface area contributed by atoms with Gasteiger partial charge in [-0.15, -0.1) is 11.3 Å². The van der Waals surface area contributed by atoms with Crippen molar-refractivity contribution in [2.75, 3.05) is 4.90 Å². The molecule has 12 aromatic rings. The molecule has 0 unspecified atom stereocenters. The molecule has 0 aliphatic heterocycles. The Balaban J connectivity index is 0.992. The van der Waals surface area contributed by atoms with Crippen LogP contribution in [-0.4, -0.2) is 0 Å². The van der Waals surface area contributed by atoms with Gasteiger partial charge in [0.2, 0.25) is 0 Å². The quantitative estimate of drug-likeness (QED) is 0.160. The highest BCUT2D eigenvalue weighted by Gasteiger charge is 2.20. The molecule has 3 heteroatoms. The van der Waals surface area contributed by atoms with Crippen molar-refractivity contribution in [3.63, 3.8) is 0 Å². The van der Waals surface area contributed by atoms with Crippen molar-refractivity contribution >= 4 is 81.3 Å². The molecule has 2 nitrogen and oxygen atoms in total. The van der Waals surface area contributed by atoms with E-state index in [0.29, 0.717) is 0 Å². The van der Waals surface area contributed by atoms with E-state index in [1.807, 2.05) is 23.5 Å². The highest BCUT2D eigenvalue weighted by molar-refractivity contribution is 7.25. The van der Waals surface area contributed by atoms with E-state index in [4.69, 9.17) is 4.42 Å². The van der Waals surface area contributed by atoms with Gasteiger partial charge in [0, 0.05) is 53.4 Å². The van der Waals surface area contributed by atoms with Gasteiger partial charge in [0.15, 0.2) is 0 Å². The summed E-state index contributed by atoms with van der Waals surface area (Å²) < 4.78 is 9.07. The van der Waals surface area contributed by atoms with E-state index < -0.39 is 0 Å². The normalized spacial score (nSPS) is 11.6. The molecule has 0 N–H and O–H groups in total. The van der Waals surface area contributed by atoms with Crippen molar-refractivity contribution in [2.45, 2.75) is 0 Å². The van der Waals surface area contributed by atoms with E-state index in [9.17, 15) is 0 Å². The highest BCUT2D eigenvalue weighted by Crippen LogP contribution is 2.45. The van der Waals surface area contributed by atoms with E-state index in [-0.39, 0.29) is 0 Å². The lowest BCUT2D eigenvalue weighted by Gasteiger charge is -2.28. The second-order valence-electron chi connectivity index (χ2n) is 15.7. The Labute approximate surface area is 357 Å². The van der Waals surface area contributed by atoms with Crippen LogP contribution < -0.4 is 4.90 Å². The number of furan rings is 1. The van der Waals surface area contributed by atoms with Gasteiger partial charge in [-0.1, -0.05) is 164 Å². The van der Waals surface area contributed by atoms with Gasteiger partial charge in [0.1, 0.15) is 11.2 Å². The van der Waals surface area contributed by atoms with Crippen LogP contribution in [0.25, 0.3) is 97.4 Å². The fourth-order valence-corrected chi connectivity index (χ4v) is 10.2. The van der Waals surface area contributed by atoms with Crippen LogP contribution in [0.1, 0.15) is 0 Å². The van der Waals surface area contributed by atoms with Crippen molar-refractivity contribution in [2.24, 2.45) is 0 Å². The Hall–Kier alpha value is -7.72. The average molecular weight is 796 g/mol. The fourth-order valence-electron chi connectivity index (χ4n) is 9.07. The van der Waals surface area contributed by atoms with Crippen LogP contribution in [-0.2, 0) is 0 Å². The Morgan fingerprint density at radius 2 is 0.951 bits per heavy atom. The summed E-state index contributed by atoms with van der Waals surface area (Å²) in [6.45, 7) is 0. The van der Waals surface area contributed by atoms with Crippen LogP contribution in [0.2, 0.25) is 0 Å². The predicted octanol–water partition coefficient (Wildman–Crippen LogP) is 17.2. The standard InChI is InChI=1S/C58H37NOS/c1-2-13-40-34-44(27-26-38(40)12-1)42-15-9-14-41(35-42)43-16-10-17-47(36-43)59(46-31-28-39(29-32-46)49-21-11-22-53-50-19-4-7-24-55(50)60-58(49)53)54-23-6-3-18-48(54)45-30-33-52-51-20-5-8-25-56(51)61-57(52)37-45/h1-37H. The number of thiophene rings is 1. The number of nitrogens with zero attached hydrogens (tertiary/aromatic N) is 1. The van der Waals surface area contributed by atoms with E-state index in [1.54, 1.807) is 0 Å². The zero-order valence-corrected chi connectivity index (χ0v) is 33.9. The first-order chi connectivity index (χ1) is 30.2. The molecule has 2 aromatic heterocycles. The predicted molar refractivity (Wildman–Crippen MR) is 261 cm³/mol. The number of anilines is 3. The van der Waals surface area contributed by atoms with Gasteiger partial charge in [-0.25, -0.2) is 0 Å². The molecule has 0 fully saturated rings. The SMILES string of the molecule is c1cc(-c2cccc(N(c3ccc(-c4cccc5c4oc4ccccc45)cc3)c3ccccc3-c3ccc4c(c3)sc3ccccc34)c2)cc(-c2ccc3ccccc3c2)c1. The Morgan fingerprint density at radius 3 is 1.84 bits per heavy atom. The summed E-state index contributed by atoms with van der Waals surface area (Å²) in [4.78, 5) is 2.41. The third kappa shape index (κ3) is 6.18. The van der Waals surface area contributed by atoms with Gasteiger partial charge in [-0.2, -0.15) is 0 Å². The molecule has 0 radical (unpaired) electrons. The minimum absolute atomic E-state index is 0.904. The lowest BCUT2D eigenvalue weighted by atomic mass is 9.96. The van der Waals surface area contributed by atoms with Gasteiger partial charge in [-0.3, -0.25) is 0 Å². The molecule has 0 aliphatic rings. The summed E-state index contributed by atoms with van der Waals surface area (Å²) in [5.74, 6) is 0. The summed E-state index contributed by atoms with van der Waals surface area (Å²) >= 11 is 1.86. The molecule has 0 amide bonds.